The molecule has 1 aliphatic rings. The summed E-state index contributed by atoms with van der Waals surface area (Å²) in [5.74, 6) is 1.54. The van der Waals surface area contributed by atoms with Gasteiger partial charge in [-0.1, -0.05) is 32.3 Å². The predicted octanol–water partition coefficient (Wildman–Crippen LogP) is 1.78. The van der Waals surface area contributed by atoms with Crippen LogP contribution in [0.3, 0.4) is 0 Å². The van der Waals surface area contributed by atoms with Gasteiger partial charge in [-0.05, 0) is 18.3 Å². The first-order valence-corrected chi connectivity index (χ1v) is 4.71. The van der Waals surface area contributed by atoms with E-state index in [4.69, 9.17) is 7.85 Å². The van der Waals surface area contributed by atoms with Crippen LogP contribution in [0.25, 0.3) is 0 Å². The van der Waals surface area contributed by atoms with Crippen molar-refractivity contribution in [2.24, 2.45) is 17.8 Å². The van der Waals surface area contributed by atoms with Crippen molar-refractivity contribution in [2.75, 3.05) is 0 Å². The molecule has 0 spiro atoms. The third-order valence-electron chi connectivity index (χ3n) is 3.06. The van der Waals surface area contributed by atoms with Gasteiger partial charge in [0.1, 0.15) is 0 Å². The summed E-state index contributed by atoms with van der Waals surface area (Å²) in [7, 11) is 5.36. The van der Waals surface area contributed by atoms with Gasteiger partial charge >= 0.3 is 0 Å². The van der Waals surface area contributed by atoms with E-state index in [1.807, 2.05) is 6.08 Å². The van der Waals surface area contributed by atoms with Crippen LogP contribution in [-0.4, -0.2) is 19.1 Å². The van der Waals surface area contributed by atoms with Gasteiger partial charge in [0.05, 0.1) is 14.0 Å². The molecule has 1 nitrogen and oxygen atoms in total. The number of hydrogen-bond acceptors (Lipinski definition) is 1. The van der Waals surface area contributed by atoms with Gasteiger partial charge < -0.3 is 5.11 Å². The highest BCUT2D eigenvalue weighted by Gasteiger charge is 2.35. The number of hydrogen-bond donors (Lipinski definition) is 1. The van der Waals surface area contributed by atoms with Crippen molar-refractivity contribution in [1.29, 1.82) is 0 Å². The SMILES string of the molecule is [B]C/C=C/C1C(O)CC(C)C1C. The number of aliphatic hydroxyl groups excluding tert-OH is 1. The average molecular weight is 164 g/mol. The van der Waals surface area contributed by atoms with Gasteiger partial charge in [0.2, 0.25) is 0 Å². The number of rotatable bonds is 2. The highest BCUT2D eigenvalue weighted by atomic mass is 16.3. The molecule has 0 aromatic heterocycles. The van der Waals surface area contributed by atoms with E-state index in [0.29, 0.717) is 24.1 Å². The van der Waals surface area contributed by atoms with E-state index in [9.17, 15) is 5.11 Å². The second kappa shape index (κ2) is 4.13. The van der Waals surface area contributed by atoms with Gasteiger partial charge in [-0.25, -0.2) is 0 Å². The van der Waals surface area contributed by atoms with E-state index in [1.165, 1.54) is 0 Å². The Morgan fingerprint density at radius 3 is 2.58 bits per heavy atom. The van der Waals surface area contributed by atoms with Gasteiger partial charge in [-0.3, -0.25) is 0 Å². The van der Waals surface area contributed by atoms with Crippen molar-refractivity contribution in [3.05, 3.63) is 12.2 Å². The normalized spacial score (nSPS) is 42.6. The summed E-state index contributed by atoms with van der Waals surface area (Å²) >= 11 is 0. The molecule has 12 heavy (non-hydrogen) atoms. The molecule has 1 fully saturated rings. The topological polar surface area (TPSA) is 20.2 Å². The van der Waals surface area contributed by atoms with Crippen LogP contribution in [-0.2, 0) is 0 Å². The minimum Gasteiger partial charge on any atom is -0.392 e. The van der Waals surface area contributed by atoms with Crippen molar-refractivity contribution in [3.8, 4) is 0 Å². The Bertz CT molecular complexity index is 167. The Morgan fingerprint density at radius 2 is 2.17 bits per heavy atom. The maximum atomic E-state index is 9.66. The second-order valence-corrected chi connectivity index (χ2v) is 3.88. The zero-order valence-corrected chi connectivity index (χ0v) is 7.90. The van der Waals surface area contributed by atoms with Crippen LogP contribution >= 0.6 is 0 Å². The molecule has 1 rings (SSSR count). The molecule has 0 aromatic rings. The molecular formula is C10H17BO. The molecule has 0 aromatic carbocycles. The van der Waals surface area contributed by atoms with Crippen LogP contribution < -0.4 is 0 Å². The fraction of sp³-hybridized carbons (Fsp3) is 0.800. The smallest absolute Gasteiger partial charge is 0.0708 e. The molecule has 0 heterocycles. The van der Waals surface area contributed by atoms with Gasteiger partial charge in [0.15, 0.2) is 0 Å². The first-order valence-electron chi connectivity index (χ1n) is 4.71. The van der Waals surface area contributed by atoms with Crippen LogP contribution in [0.1, 0.15) is 20.3 Å². The van der Waals surface area contributed by atoms with E-state index in [1.54, 1.807) is 0 Å². The quantitative estimate of drug-likeness (QED) is 0.487. The zero-order valence-electron chi connectivity index (χ0n) is 7.90. The monoisotopic (exact) mass is 164 g/mol. The van der Waals surface area contributed by atoms with Crippen molar-refractivity contribution < 1.29 is 5.11 Å². The molecular weight excluding hydrogens is 147 g/mol. The lowest BCUT2D eigenvalue weighted by molar-refractivity contribution is 0.143. The largest absolute Gasteiger partial charge is 0.392 e. The fourth-order valence-corrected chi connectivity index (χ4v) is 2.02. The molecule has 0 saturated heterocycles. The van der Waals surface area contributed by atoms with E-state index in [2.05, 4.69) is 19.9 Å². The highest BCUT2D eigenvalue weighted by Crippen LogP contribution is 2.37. The van der Waals surface area contributed by atoms with Gasteiger partial charge in [0.25, 0.3) is 0 Å². The van der Waals surface area contributed by atoms with Crippen molar-refractivity contribution in [3.63, 3.8) is 0 Å². The molecule has 1 N–H and O–H groups in total. The van der Waals surface area contributed by atoms with Crippen molar-refractivity contribution in [2.45, 2.75) is 32.7 Å². The Hall–Kier alpha value is -0.235. The van der Waals surface area contributed by atoms with Crippen LogP contribution in [0, 0.1) is 17.8 Å². The Morgan fingerprint density at radius 1 is 1.50 bits per heavy atom. The second-order valence-electron chi connectivity index (χ2n) is 3.88. The molecule has 0 amide bonds. The summed E-state index contributed by atoms with van der Waals surface area (Å²) < 4.78 is 0. The standard InChI is InChI=1S/C10H17BO/c1-7-6-10(12)9(8(7)2)4-3-5-11/h3-4,7-10,12H,5-6H2,1-2H3/b4-3+. The average Bonchev–Trinajstić information content (AvgIpc) is 2.25. The summed E-state index contributed by atoms with van der Waals surface area (Å²) in [4.78, 5) is 0. The molecule has 4 atom stereocenters. The number of allylic oxidation sites excluding steroid dienone is 1. The van der Waals surface area contributed by atoms with Crippen LogP contribution in [0.4, 0.5) is 0 Å². The van der Waals surface area contributed by atoms with Gasteiger partial charge in [-0.2, -0.15) is 0 Å². The van der Waals surface area contributed by atoms with Crippen molar-refractivity contribution >= 4 is 7.85 Å². The maximum Gasteiger partial charge on any atom is 0.0708 e. The van der Waals surface area contributed by atoms with Crippen LogP contribution in [0.5, 0.6) is 0 Å². The Kier molecular flexibility index (Phi) is 3.39. The first kappa shape index (κ1) is 9.85. The first-order chi connectivity index (χ1) is 5.66. The lowest BCUT2D eigenvalue weighted by atomic mass is 9.90. The molecule has 2 heteroatoms. The predicted molar refractivity (Wildman–Crippen MR) is 52.1 cm³/mol. The van der Waals surface area contributed by atoms with Crippen molar-refractivity contribution in [1.82, 2.24) is 0 Å². The molecule has 66 valence electrons. The summed E-state index contributed by atoms with van der Waals surface area (Å²) in [5, 5.41) is 9.66. The molecule has 0 bridgehead atoms. The van der Waals surface area contributed by atoms with E-state index < -0.39 is 0 Å². The molecule has 2 radical (unpaired) electrons. The summed E-state index contributed by atoms with van der Waals surface area (Å²) in [6, 6.07) is 0. The number of aliphatic hydroxyl groups is 1. The molecule has 4 unspecified atom stereocenters. The minimum absolute atomic E-state index is 0.155. The highest BCUT2D eigenvalue weighted by molar-refractivity contribution is 6.09. The Balaban J connectivity index is 2.57. The van der Waals surface area contributed by atoms with Gasteiger partial charge in [-0.15, -0.1) is 0 Å². The molecule has 1 saturated carbocycles. The third-order valence-corrected chi connectivity index (χ3v) is 3.06. The zero-order chi connectivity index (χ0) is 9.14. The summed E-state index contributed by atoms with van der Waals surface area (Å²) in [6.07, 6.45) is 5.37. The van der Waals surface area contributed by atoms with Crippen LogP contribution in [0.15, 0.2) is 12.2 Å². The van der Waals surface area contributed by atoms with Crippen LogP contribution in [0.2, 0.25) is 6.32 Å². The van der Waals surface area contributed by atoms with E-state index in [-0.39, 0.29) is 6.10 Å². The van der Waals surface area contributed by atoms with E-state index >= 15 is 0 Å². The molecule has 1 aliphatic carbocycles. The van der Waals surface area contributed by atoms with E-state index in [0.717, 1.165) is 6.42 Å². The Labute approximate surface area is 76.3 Å². The molecule has 0 aliphatic heterocycles. The van der Waals surface area contributed by atoms with Gasteiger partial charge in [0, 0.05) is 5.92 Å². The lowest BCUT2D eigenvalue weighted by Crippen LogP contribution is -2.15. The minimum atomic E-state index is -0.155. The lowest BCUT2D eigenvalue weighted by Gasteiger charge is -2.15. The maximum absolute atomic E-state index is 9.66. The fourth-order valence-electron chi connectivity index (χ4n) is 2.02. The third kappa shape index (κ3) is 1.92. The summed E-state index contributed by atoms with van der Waals surface area (Å²) in [6.45, 7) is 4.40. The summed E-state index contributed by atoms with van der Waals surface area (Å²) in [5.41, 5.74) is 0.